The summed E-state index contributed by atoms with van der Waals surface area (Å²) in [4.78, 5) is 50.2. The molecular formula is C24H19FN5O7P. The Morgan fingerprint density at radius 3 is 2.45 bits per heavy atom. The lowest BCUT2D eigenvalue weighted by Gasteiger charge is -2.17. The number of nitrogens with zero attached hydrogens (tertiary/aromatic N) is 5. The number of para-hydroxylation sites is 1. The Labute approximate surface area is 216 Å². The van der Waals surface area contributed by atoms with Crippen molar-refractivity contribution in [3.63, 3.8) is 0 Å². The maximum Gasteiger partial charge on any atom is 0.377 e. The highest BCUT2D eigenvalue weighted by Gasteiger charge is 2.26. The van der Waals surface area contributed by atoms with Crippen LogP contribution in [0.25, 0.3) is 5.69 Å². The van der Waals surface area contributed by atoms with Crippen LogP contribution in [0.15, 0.2) is 71.5 Å². The predicted molar refractivity (Wildman–Crippen MR) is 134 cm³/mol. The summed E-state index contributed by atoms with van der Waals surface area (Å²) in [5.74, 6) is -3.10. The third kappa shape index (κ3) is 5.13. The normalized spacial score (nSPS) is 10.6. The van der Waals surface area contributed by atoms with Gasteiger partial charge in [-0.25, -0.2) is 23.6 Å². The summed E-state index contributed by atoms with van der Waals surface area (Å²) < 4.78 is 26.6. The Bertz CT molecular complexity index is 1590. The van der Waals surface area contributed by atoms with Crippen LogP contribution >= 0.6 is 9.39 Å². The number of rotatable bonds is 7. The van der Waals surface area contributed by atoms with E-state index in [-0.39, 0.29) is 23.6 Å². The first-order valence-corrected chi connectivity index (χ1v) is 11.3. The SMILES string of the molecule is COc1ccc(N(P)C(=O)n2nnn(-c3c(F)cccc3C(=O)O)c2=O)cc1C(=O)OCc1ccccc1. The van der Waals surface area contributed by atoms with Gasteiger partial charge in [-0.3, -0.25) is 4.67 Å². The van der Waals surface area contributed by atoms with Crippen molar-refractivity contribution in [3.05, 3.63) is 99.7 Å². The molecule has 0 aliphatic rings. The Kier molecular flexibility index (Phi) is 7.58. The first-order valence-electron chi connectivity index (χ1n) is 10.8. The van der Waals surface area contributed by atoms with E-state index >= 15 is 0 Å². The molecule has 4 aromatic rings. The molecule has 1 heterocycles. The Morgan fingerprint density at radius 2 is 1.76 bits per heavy atom. The summed E-state index contributed by atoms with van der Waals surface area (Å²) in [5.41, 5.74) is -1.54. The minimum absolute atomic E-state index is 0.00342. The van der Waals surface area contributed by atoms with Gasteiger partial charge in [0.25, 0.3) is 0 Å². The summed E-state index contributed by atoms with van der Waals surface area (Å²) >= 11 is 0. The number of methoxy groups -OCH3 is 1. The number of aromatic nitrogens is 4. The fourth-order valence-electron chi connectivity index (χ4n) is 3.43. The Balaban J connectivity index is 1.62. The zero-order chi connectivity index (χ0) is 27.4. The third-order valence-electron chi connectivity index (χ3n) is 5.29. The third-order valence-corrected chi connectivity index (χ3v) is 5.81. The molecule has 0 aliphatic heterocycles. The lowest BCUT2D eigenvalue weighted by molar-refractivity contribution is 0.0468. The number of carbonyl (C=O) groups is 3. The second-order valence-electron chi connectivity index (χ2n) is 7.63. The van der Waals surface area contributed by atoms with E-state index in [0.717, 1.165) is 28.4 Å². The van der Waals surface area contributed by atoms with Gasteiger partial charge in [0.2, 0.25) is 0 Å². The van der Waals surface area contributed by atoms with Crippen LogP contribution in [0, 0.1) is 5.82 Å². The number of amides is 1. The molecule has 1 unspecified atom stereocenters. The van der Waals surface area contributed by atoms with Crippen LogP contribution < -0.4 is 15.1 Å². The minimum atomic E-state index is -1.51. The molecule has 1 amide bonds. The number of esters is 1. The number of anilines is 1. The largest absolute Gasteiger partial charge is 0.496 e. The van der Waals surface area contributed by atoms with Gasteiger partial charge in [0, 0.05) is 5.69 Å². The van der Waals surface area contributed by atoms with E-state index < -0.39 is 40.7 Å². The van der Waals surface area contributed by atoms with Gasteiger partial charge in [0.15, 0.2) is 0 Å². The molecule has 0 saturated heterocycles. The number of hydrogen-bond donors (Lipinski definition) is 1. The van der Waals surface area contributed by atoms with Gasteiger partial charge in [-0.1, -0.05) is 36.4 Å². The molecule has 1 N–H and O–H groups in total. The second kappa shape index (κ2) is 11.0. The zero-order valence-electron chi connectivity index (χ0n) is 19.6. The lowest BCUT2D eigenvalue weighted by atomic mass is 10.1. The number of benzene rings is 3. The Morgan fingerprint density at radius 1 is 1.03 bits per heavy atom. The van der Waals surface area contributed by atoms with E-state index in [4.69, 9.17) is 9.47 Å². The van der Waals surface area contributed by atoms with Gasteiger partial charge in [-0.2, -0.15) is 4.68 Å². The summed E-state index contributed by atoms with van der Waals surface area (Å²) in [7, 11) is 3.43. The van der Waals surface area contributed by atoms with E-state index in [1.165, 1.54) is 25.3 Å². The van der Waals surface area contributed by atoms with E-state index in [1.54, 1.807) is 24.3 Å². The molecule has 0 fully saturated rings. The smallest absolute Gasteiger partial charge is 0.377 e. The van der Waals surface area contributed by atoms with Gasteiger partial charge in [-0.05, 0) is 55.7 Å². The van der Waals surface area contributed by atoms with E-state index in [2.05, 4.69) is 19.8 Å². The number of hydrogen-bond acceptors (Lipinski definition) is 8. The van der Waals surface area contributed by atoms with Crippen molar-refractivity contribution in [3.8, 4) is 11.4 Å². The highest BCUT2D eigenvalue weighted by molar-refractivity contribution is 7.21. The van der Waals surface area contributed by atoms with Crippen LogP contribution in [0.2, 0.25) is 0 Å². The van der Waals surface area contributed by atoms with Crippen molar-refractivity contribution in [1.29, 1.82) is 0 Å². The van der Waals surface area contributed by atoms with Crippen molar-refractivity contribution < 1.29 is 33.4 Å². The fraction of sp³-hybridized carbons (Fsp3) is 0.0833. The second-order valence-corrected chi connectivity index (χ2v) is 8.14. The van der Waals surface area contributed by atoms with Crippen LogP contribution in [0.1, 0.15) is 26.3 Å². The summed E-state index contributed by atoms with van der Waals surface area (Å²) in [5, 5.41) is 16.3. The first-order chi connectivity index (χ1) is 18.2. The summed E-state index contributed by atoms with van der Waals surface area (Å²) in [6.07, 6.45) is 0. The molecule has 0 spiro atoms. The van der Waals surface area contributed by atoms with Crippen LogP contribution in [-0.4, -0.2) is 50.0 Å². The molecule has 38 heavy (non-hydrogen) atoms. The average molecular weight is 539 g/mol. The van der Waals surface area contributed by atoms with Crippen molar-refractivity contribution in [1.82, 2.24) is 19.8 Å². The Hall–Kier alpha value is -4.90. The van der Waals surface area contributed by atoms with Gasteiger partial charge in [0.05, 0.1) is 12.7 Å². The van der Waals surface area contributed by atoms with Crippen molar-refractivity contribution >= 4 is 33.0 Å². The predicted octanol–water partition coefficient (Wildman–Crippen LogP) is 2.90. The molecule has 12 nitrogen and oxygen atoms in total. The zero-order valence-corrected chi connectivity index (χ0v) is 20.8. The quantitative estimate of drug-likeness (QED) is 0.213. The molecular weight excluding hydrogens is 520 g/mol. The van der Waals surface area contributed by atoms with Gasteiger partial charge >= 0.3 is 23.7 Å². The monoisotopic (exact) mass is 539 g/mol. The molecule has 0 aliphatic carbocycles. The van der Waals surface area contributed by atoms with Gasteiger partial charge in [0.1, 0.15) is 29.4 Å². The highest BCUT2D eigenvalue weighted by Crippen LogP contribution is 2.28. The summed E-state index contributed by atoms with van der Waals surface area (Å²) in [6, 6.07) is 15.3. The molecule has 0 radical (unpaired) electrons. The molecule has 0 bridgehead atoms. The number of tetrazole rings is 1. The maximum absolute atomic E-state index is 14.4. The van der Waals surface area contributed by atoms with E-state index in [1.807, 2.05) is 6.07 Å². The van der Waals surface area contributed by atoms with E-state index in [9.17, 15) is 28.7 Å². The molecule has 1 aromatic heterocycles. The molecule has 194 valence electrons. The number of aromatic carboxylic acids is 1. The van der Waals surface area contributed by atoms with E-state index in [0.29, 0.717) is 9.36 Å². The van der Waals surface area contributed by atoms with Crippen LogP contribution in [-0.2, 0) is 11.3 Å². The van der Waals surface area contributed by atoms with Crippen LogP contribution in [0.4, 0.5) is 14.9 Å². The lowest BCUT2D eigenvalue weighted by Crippen LogP contribution is -2.36. The van der Waals surface area contributed by atoms with Crippen molar-refractivity contribution in [2.45, 2.75) is 6.61 Å². The number of carbonyl (C=O) groups excluding carboxylic acids is 2. The average Bonchev–Trinajstić information content (AvgIpc) is 3.31. The van der Waals surface area contributed by atoms with Crippen molar-refractivity contribution in [2.24, 2.45) is 0 Å². The standard InChI is InChI=1S/C24H19FN5O7P/c1-36-19-11-10-15(12-17(19)22(33)37-13-14-6-3-2-4-7-14)30(38)24(35)29-23(34)28(26-27-29)20-16(21(31)32)8-5-9-18(20)25/h2-12H,13,38H2,1H3,(H,31,32). The van der Waals surface area contributed by atoms with Crippen LogP contribution in [0.5, 0.6) is 5.75 Å². The molecule has 4 rings (SSSR count). The minimum Gasteiger partial charge on any atom is -0.496 e. The van der Waals surface area contributed by atoms with Crippen LogP contribution in [0.3, 0.4) is 0 Å². The van der Waals surface area contributed by atoms with Crippen molar-refractivity contribution in [2.75, 3.05) is 11.8 Å². The summed E-state index contributed by atoms with van der Waals surface area (Å²) in [6.45, 7) is 0.00342. The first kappa shape index (κ1) is 26.2. The van der Waals surface area contributed by atoms with Gasteiger partial charge < -0.3 is 14.6 Å². The number of carboxylic acid groups (broad SMARTS) is 1. The number of halogens is 1. The number of carboxylic acids is 1. The molecule has 0 saturated carbocycles. The number of ether oxygens (including phenoxy) is 2. The molecule has 14 heteroatoms. The van der Waals surface area contributed by atoms with Gasteiger partial charge in [-0.15, -0.1) is 4.68 Å². The maximum atomic E-state index is 14.4. The molecule has 3 aromatic carbocycles. The topological polar surface area (TPSA) is 146 Å². The molecule has 1 atom stereocenters. The highest BCUT2D eigenvalue weighted by atomic mass is 31.0. The fourth-order valence-corrected chi connectivity index (χ4v) is 3.70.